The predicted octanol–water partition coefficient (Wildman–Crippen LogP) is 3.22. The van der Waals surface area contributed by atoms with Crippen LogP contribution in [0.4, 0.5) is 4.39 Å². The molecule has 0 aliphatic carbocycles. The molecule has 3 N–H and O–H groups in total. The molecule has 0 bridgehead atoms. The highest BCUT2D eigenvalue weighted by Crippen LogP contribution is 2.45. The number of aromatic nitrogens is 2. The molecule has 8 heteroatoms. The number of benzene rings is 2. The molecule has 0 fully saturated rings. The molecule has 0 unspecified atom stereocenters. The summed E-state index contributed by atoms with van der Waals surface area (Å²) in [6, 6.07) is 14.6. The summed E-state index contributed by atoms with van der Waals surface area (Å²) < 4.78 is 23.6. The molecule has 0 saturated carbocycles. The van der Waals surface area contributed by atoms with Gasteiger partial charge in [0.15, 0.2) is 0 Å². The van der Waals surface area contributed by atoms with E-state index >= 15 is 0 Å². The van der Waals surface area contributed by atoms with Gasteiger partial charge in [0.1, 0.15) is 17.5 Å². The molecule has 0 spiro atoms. The van der Waals surface area contributed by atoms with E-state index in [1.807, 2.05) is 0 Å². The van der Waals surface area contributed by atoms with Crippen LogP contribution in [0.1, 0.15) is 27.4 Å². The number of allylic oxidation sites excluding steroid dienone is 1. The number of nitrogens with one attached hydrogen (secondary N) is 1. The highest BCUT2D eigenvalue weighted by molar-refractivity contribution is 5.89. The summed E-state index contributed by atoms with van der Waals surface area (Å²) in [6.07, 6.45) is 0. The van der Waals surface area contributed by atoms with Crippen LogP contribution < -0.4 is 10.5 Å². The standard InChI is InChI=1S/C21H15FN4O3/c1-28-21(27)13-4-2-11(3-5-13)16-15(10-23)19(24)29-20-17(16)18(25-26-20)12-6-8-14(22)9-7-12/h2-9,16H,24H2,1H3,(H,25,26)/t16-/m0/s1. The summed E-state index contributed by atoms with van der Waals surface area (Å²) in [5.74, 6) is -1.21. The smallest absolute Gasteiger partial charge is 0.337 e. The predicted molar refractivity (Wildman–Crippen MR) is 101 cm³/mol. The summed E-state index contributed by atoms with van der Waals surface area (Å²) in [5, 5.41) is 16.8. The van der Waals surface area contributed by atoms with E-state index in [1.54, 1.807) is 36.4 Å². The number of ether oxygens (including phenoxy) is 2. The lowest BCUT2D eigenvalue weighted by atomic mass is 9.83. The van der Waals surface area contributed by atoms with E-state index in [9.17, 15) is 14.4 Å². The SMILES string of the molecule is COC(=O)c1ccc([C@H]2C(C#N)=C(N)Oc3n[nH]c(-c4ccc(F)cc4)c32)cc1. The second-order valence-electron chi connectivity index (χ2n) is 6.36. The number of H-pyrrole nitrogens is 1. The average Bonchev–Trinajstić information content (AvgIpc) is 3.16. The second-order valence-corrected chi connectivity index (χ2v) is 6.36. The van der Waals surface area contributed by atoms with Gasteiger partial charge in [0.05, 0.1) is 29.8 Å². The van der Waals surface area contributed by atoms with Crippen molar-refractivity contribution in [2.45, 2.75) is 5.92 Å². The van der Waals surface area contributed by atoms with Crippen LogP contribution in [-0.4, -0.2) is 23.3 Å². The fraction of sp³-hybridized carbons (Fsp3) is 0.0952. The van der Waals surface area contributed by atoms with Crippen molar-refractivity contribution >= 4 is 5.97 Å². The topological polar surface area (TPSA) is 114 Å². The maximum absolute atomic E-state index is 13.4. The highest BCUT2D eigenvalue weighted by Gasteiger charge is 2.35. The van der Waals surface area contributed by atoms with Crippen LogP contribution in [-0.2, 0) is 4.74 Å². The first-order valence-electron chi connectivity index (χ1n) is 8.63. The van der Waals surface area contributed by atoms with Crippen molar-refractivity contribution in [3.63, 3.8) is 0 Å². The van der Waals surface area contributed by atoms with Gasteiger partial charge in [-0.25, -0.2) is 9.18 Å². The van der Waals surface area contributed by atoms with Crippen LogP contribution in [0.3, 0.4) is 0 Å². The monoisotopic (exact) mass is 390 g/mol. The number of hydrogen-bond acceptors (Lipinski definition) is 6. The van der Waals surface area contributed by atoms with Gasteiger partial charge in [-0.3, -0.25) is 5.10 Å². The van der Waals surface area contributed by atoms with E-state index in [1.165, 1.54) is 19.2 Å². The minimum Gasteiger partial charge on any atom is -0.465 e. The Morgan fingerprint density at radius 3 is 2.55 bits per heavy atom. The first-order chi connectivity index (χ1) is 14.0. The number of halogens is 1. The van der Waals surface area contributed by atoms with Crippen molar-refractivity contribution in [2.75, 3.05) is 7.11 Å². The van der Waals surface area contributed by atoms with Gasteiger partial charge >= 0.3 is 5.97 Å². The van der Waals surface area contributed by atoms with Crippen molar-refractivity contribution in [3.8, 4) is 23.2 Å². The van der Waals surface area contributed by atoms with Gasteiger partial charge in [-0.15, -0.1) is 5.10 Å². The zero-order chi connectivity index (χ0) is 20.5. The number of hydrogen-bond donors (Lipinski definition) is 2. The number of carbonyl (C=O) groups is 1. The number of nitrogens with zero attached hydrogens (tertiary/aromatic N) is 2. The number of fused-ring (bicyclic) bond motifs is 1. The van der Waals surface area contributed by atoms with E-state index in [2.05, 4.69) is 16.3 Å². The molecule has 0 saturated heterocycles. The third-order valence-electron chi connectivity index (χ3n) is 4.74. The van der Waals surface area contributed by atoms with E-state index in [0.717, 1.165) is 0 Å². The molecule has 3 aromatic rings. The molecule has 0 radical (unpaired) electrons. The zero-order valence-corrected chi connectivity index (χ0v) is 15.3. The Hall–Kier alpha value is -4.12. The third kappa shape index (κ3) is 3.08. The number of nitrogens with two attached hydrogens (primary N) is 1. The molecule has 29 heavy (non-hydrogen) atoms. The van der Waals surface area contributed by atoms with Crippen molar-refractivity contribution in [1.29, 1.82) is 5.26 Å². The Bertz CT molecular complexity index is 1160. The molecule has 1 aromatic heterocycles. The van der Waals surface area contributed by atoms with E-state index in [-0.39, 0.29) is 23.2 Å². The Labute approximate surface area is 165 Å². The molecule has 2 aromatic carbocycles. The molecule has 1 aliphatic rings. The van der Waals surface area contributed by atoms with Crippen LogP contribution in [0.15, 0.2) is 60.0 Å². The number of nitriles is 1. The molecular weight excluding hydrogens is 375 g/mol. The lowest BCUT2D eigenvalue weighted by molar-refractivity contribution is 0.0600. The lowest BCUT2D eigenvalue weighted by Gasteiger charge is -2.24. The maximum Gasteiger partial charge on any atom is 0.337 e. The van der Waals surface area contributed by atoms with Gasteiger partial charge in [-0.1, -0.05) is 12.1 Å². The van der Waals surface area contributed by atoms with Gasteiger partial charge in [-0.05, 0) is 42.0 Å². The summed E-state index contributed by atoms with van der Waals surface area (Å²) in [7, 11) is 1.30. The number of methoxy groups -OCH3 is 1. The van der Waals surface area contributed by atoms with Crippen LogP contribution in [0, 0.1) is 17.1 Å². The van der Waals surface area contributed by atoms with Gasteiger partial charge in [-0.2, -0.15) is 5.26 Å². The molecule has 0 amide bonds. The molecule has 1 aliphatic heterocycles. The van der Waals surface area contributed by atoms with Crippen LogP contribution in [0.5, 0.6) is 5.88 Å². The Kier molecular flexibility index (Phi) is 4.49. The molecule has 4 rings (SSSR count). The average molecular weight is 390 g/mol. The number of carbonyl (C=O) groups excluding carboxylic acids is 1. The van der Waals surface area contributed by atoms with Crippen molar-refractivity contribution < 1.29 is 18.7 Å². The van der Waals surface area contributed by atoms with Crippen molar-refractivity contribution in [2.24, 2.45) is 5.73 Å². The molecule has 2 heterocycles. The zero-order valence-electron chi connectivity index (χ0n) is 15.3. The minimum absolute atomic E-state index is 0.0424. The first kappa shape index (κ1) is 18.3. The Morgan fingerprint density at radius 2 is 1.93 bits per heavy atom. The molecule has 7 nitrogen and oxygen atoms in total. The van der Waals surface area contributed by atoms with Crippen molar-refractivity contribution in [3.05, 3.63) is 82.5 Å². The first-order valence-corrected chi connectivity index (χ1v) is 8.63. The Balaban J connectivity index is 1.87. The number of esters is 1. The summed E-state index contributed by atoms with van der Waals surface area (Å²) in [6.45, 7) is 0. The number of rotatable bonds is 3. The van der Waals surface area contributed by atoms with Gasteiger partial charge in [0.2, 0.25) is 11.8 Å². The molecular formula is C21H15FN4O3. The number of aromatic amines is 1. The minimum atomic E-state index is -0.575. The fourth-order valence-electron chi connectivity index (χ4n) is 3.34. The Morgan fingerprint density at radius 1 is 1.24 bits per heavy atom. The van der Waals surface area contributed by atoms with Crippen LogP contribution in [0.25, 0.3) is 11.3 Å². The fourth-order valence-corrected chi connectivity index (χ4v) is 3.34. The normalized spacial score (nSPS) is 15.3. The highest BCUT2D eigenvalue weighted by atomic mass is 19.1. The molecule has 144 valence electrons. The quantitative estimate of drug-likeness (QED) is 0.664. The largest absolute Gasteiger partial charge is 0.465 e. The lowest BCUT2D eigenvalue weighted by Crippen LogP contribution is -2.21. The van der Waals surface area contributed by atoms with E-state index in [0.29, 0.717) is 27.9 Å². The van der Waals surface area contributed by atoms with Gasteiger partial charge in [0, 0.05) is 5.56 Å². The van der Waals surface area contributed by atoms with E-state index in [4.69, 9.17) is 15.2 Å². The summed E-state index contributed by atoms with van der Waals surface area (Å²) in [5.41, 5.74) is 9.14. The van der Waals surface area contributed by atoms with E-state index < -0.39 is 11.9 Å². The van der Waals surface area contributed by atoms with Crippen LogP contribution in [0.2, 0.25) is 0 Å². The third-order valence-corrected chi connectivity index (χ3v) is 4.74. The molecule has 1 atom stereocenters. The second kappa shape index (κ2) is 7.13. The van der Waals surface area contributed by atoms with Gasteiger partial charge < -0.3 is 15.2 Å². The van der Waals surface area contributed by atoms with Gasteiger partial charge in [0.25, 0.3) is 0 Å². The summed E-state index contributed by atoms with van der Waals surface area (Å²) in [4.78, 5) is 11.7. The summed E-state index contributed by atoms with van der Waals surface area (Å²) >= 11 is 0. The van der Waals surface area contributed by atoms with Crippen molar-refractivity contribution in [1.82, 2.24) is 10.2 Å². The maximum atomic E-state index is 13.4. The van der Waals surface area contributed by atoms with Crippen LogP contribution >= 0.6 is 0 Å².